The maximum atomic E-state index is 12.0. The Labute approximate surface area is 138 Å². The van der Waals surface area contributed by atoms with E-state index in [1.807, 2.05) is 13.0 Å². The minimum absolute atomic E-state index is 0.249. The molecule has 0 unspecified atom stereocenters. The Morgan fingerprint density at radius 1 is 1.04 bits per heavy atom. The zero-order valence-electron chi connectivity index (χ0n) is 12.6. The van der Waals surface area contributed by atoms with Crippen LogP contribution < -0.4 is 21.1 Å². The molecule has 0 heterocycles. The third-order valence-corrected chi connectivity index (χ3v) is 3.36. The second-order valence-electron chi connectivity index (χ2n) is 4.85. The first-order valence-corrected chi connectivity index (χ1v) is 7.10. The van der Waals surface area contributed by atoms with Crippen LogP contribution in [-0.2, 0) is 9.59 Å². The first-order valence-electron chi connectivity index (χ1n) is 6.72. The van der Waals surface area contributed by atoms with Crippen molar-refractivity contribution in [2.75, 3.05) is 23.5 Å². The van der Waals surface area contributed by atoms with Crippen molar-refractivity contribution < 1.29 is 14.3 Å². The number of carbonyl (C=O) groups excluding carboxylic acids is 2. The first-order chi connectivity index (χ1) is 10.9. The van der Waals surface area contributed by atoms with Crippen LogP contribution in [0.1, 0.15) is 5.56 Å². The van der Waals surface area contributed by atoms with Crippen molar-refractivity contribution in [3.8, 4) is 5.75 Å². The molecule has 0 aliphatic rings. The highest BCUT2D eigenvalue weighted by molar-refractivity contribution is 6.45. The Hall–Kier alpha value is -2.73. The molecular weight excluding hydrogens is 318 g/mol. The molecule has 2 aromatic rings. The summed E-state index contributed by atoms with van der Waals surface area (Å²) in [6.07, 6.45) is 0. The minimum Gasteiger partial charge on any atom is -0.495 e. The van der Waals surface area contributed by atoms with E-state index in [2.05, 4.69) is 10.6 Å². The number of ether oxygens (including phenoxy) is 1. The van der Waals surface area contributed by atoms with Crippen LogP contribution in [0.2, 0.25) is 5.02 Å². The molecule has 0 fully saturated rings. The van der Waals surface area contributed by atoms with Crippen LogP contribution >= 0.6 is 11.6 Å². The molecule has 4 N–H and O–H groups in total. The summed E-state index contributed by atoms with van der Waals surface area (Å²) in [5, 5.41) is 5.19. The number of carbonyl (C=O) groups is 2. The van der Waals surface area contributed by atoms with Crippen molar-refractivity contribution in [1.29, 1.82) is 0 Å². The van der Waals surface area contributed by atoms with Gasteiger partial charge in [-0.3, -0.25) is 9.59 Å². The van der Waals surface area contributed by atoms with Gasteiger partial charge in [0.15, 0.2) is 0 Å². The van der Waals surface area contributed by atoms with E-state index in [1.54, 1.807) is 18.2 Å². The highest BCUT2D eigenvalue weighted by Gasteiger charge is 2.17. The van der Waals surface area contributed by atoms with E-state index in [4.69, 9.17) is 22.1 Å². The predicted octanol–water partition coefficient (Wildman–Crippen LogP) is 2.82. The Balaban J connectivity index is 2.11. The fraction of sp³-hybridized carbons (Fsp3) is 0.125. The number of nitrogen functional groups attached to an aromatic ring is 1. The van der Waals surface area contributed by atoms with Gasteiger partial charge < -0.3 is 21.1 Å². The van der Waals surface area contributed by atoms with Gasteiger partial charge in [0.25, 0.3) is 0 Å². The van der Waals surface area contributed by atoms with Gasteiger partial charge in [-0.15, -0.1) is 0 Å². The lowest BCUT2D eigenvalue weighted by Crippen LogP contribution is -2.29. The molecule has 23 heavy (non-hydrogen) atoms. The summed E-state index contributed by atoms with van der Waals surface area (Å²) in [6, 6.07) is 9.83. The molecule has 7 heteroatoms. The van der Waals surface area contributed by atoms with Crippen LogP contribution in [0.4, 0.5) is 17.1 Å². The number of anilines is 3. The van der Waals surface area contributed by atoms with Crippen molar-refractivity contribution in [3.63, 3.8) is 0 Å². The molecule has 2 rings (SSSR count). The van der Waals surface area contributed by atoms with Crippen LogP contribution in [-0.4, -0.2) is 18.9 Å². The molecule has 0 saturated heterocycles. The Morgan fingerprint density at radius 3 is 2.30 bits per heavy atom. The maximum Gasteiger partial charge on any atom is 0.314 e. The van der Waals surface area contributed by atoms with Crippen molar-refractivity contribution in [2.45, 2.75) is 6.92 Å². The molecule has 0 aliphatic heterocycles. The summed E-state index contributed by atoms with van der Waals surface area (Å²) in [5.74, 6) is -1.22. The van der Waals surface area contributed by atoms with Crippen molar-refractivity contribution in [2.24, 2.45) is 0 Å². The number of aryl methyl sites for hydroxylation is 1. The fourth-order valence-electron chi connectivity index (χ4n) is 1.91. The van der Waals surface area contributed by atoms with Gasteiger partial charge in [0, 0.05) is 5.69 Å². The molecule has 0 spiro atoms. The lowest BCUT2D eigenvalue weighted by Gasteiger charge is -2.11. The average molecular weight is 334 g/mol. The van der Waals surface area contributed by atoms with Crippen molar-refractivity contribution in [1.82, 2.24) is 0 Å². The fourth-order valence-corrected chi connectivity index (χ4v) is 2.15. The van der Waals surface area contributed by atoms with E-state index >= 15 is 0 Å². The van der Waals surface area contributed by atoms with Crippen LogP contribution in [0.5, 0.6) is 5.75 Å². The number of hydrogen-bond donors (Lipinski definition) is 3. The number of amides is 2. The van der Waals surface area contributed by atoms with E-state index < -0.39 is 11.8 Å². The Bertz CT molecular complexity index is 762. The van der Waals surface area contributed by atoms with E-state index in [0.717, 1.165) is 5.56 Å². The largest absolute Gasteiger partial charge is 0.495 e. The number of benzene rings is 2. The van der Waals surface area contributed by atoms with Gasteiger partial charge in [0.05, 0.1) is 23.5 Å². The van der Waals surface area contributed by atoms with Gasteiger partial charge in [-0.25, -0.2) is 0 Å². The van der Waals surface area contributed by atoms with Gasteiger partial charge in [-0.05, 0) is 42.8 Å². The molecule has 0 aromatic heterocycles. The maximum absolute atomic E-state index is 12.0. The molecule has 120 valence electrons. The van der Waals surface area contributed by atoms with Crippen LogP contribution in [0, 0.1) is 6.92 Å². The first kappa shape index (κ1) is 16.6. The van der Waals surface area contributed by atoms with E-state index in [9.17, 15) is 9.59 Å². The minimum atomic E-state index is -0.847. The molecule has 0 radical (unpaired) electrons. The van der Waals surface area contributed by atoms with Gasteiger partial charge in [0.1, 0.15) is 5.75 Å². The highest BCUT2D eigenvalue weighted by Crippen LogP contribution is 2.26. The molecule has 2 amide bonds. The number of nitrogens with one attached hydrogen (secondary N) is 2. The summed E-state index contributed by atoms with van der Waals surface area (Å²) in [4.78, 5) is 24.0. The topological polar surface area (TPSA) is 93.4 Å². The standard InChI is InChI=1S/C16H16ClN3O3/c1-9-3-6-14(23-2)13(7-9)20-16(22)15(21)19-12-5-4-10(18)8-11(12)17/h3-8H,18H2,1-2H3,(H,19,21)(H,20,22). The van der Waals surface area contributed by atoms with Gasteiger partial charge in [-0.2, -0.15) is 0 Å². The molecule has 0 saturated carbocycles. The molecule has 2 aromatic carbocycles. The summed E-state index contributed by atoms with van der Waals surface area (Å²) >= 11 is 5.96. The highest BCUT2D eigenvalue weighted by atomic mass is 35.5. The van der Waals surface area contributed by atoms with Gasteiger partial charge >= 0.3 is 11.8 Å². The normalized spacial score (nSPS) is 10.0. The average Bonchev–Trinajstić information content (AvgIpc) is 2.50. The molecule has 6 nitrogen and oxygen atoms in total. The van der Waals surface area contributed by atoms with Gasteiger partial charge in [-0.1, -0.05) is 17.7 Å². The van der Waals surface area contributed by atoms with Crippen molar-refractivity contribution >= 4 is 40.5 Å². The second kappa shape index (κ2) is 7.02. The molecule has 0 aliphatic carbocycles. The summed E-state index contributed by atoms with van der Waals surface area (Å²) in [7, 11) is 1.48. The van der Waals surface area contributed by atoms with E-state index in [-0.39, 0.29) is 5.02 Å². The van der Waals surface area contributed by atoms with Crippen molar-refractivity contribution in [3.05, 3.63) is 47.0 Å². The molecule has 0 atom stereocenters. The predicted molar refractivity (Wildman–Crippen MR) is 90.9 cm³/mol. The Morgan fingerprint density at radius 2 is 1.70 bits per heavy atom. The number of hydrogen-bond acceptors (Lipinski definition) is 4. The van der Waals surface area contributed by atoms with Crippen LogP contribution in [0.15, 0.2) is 36.4 Å². The summed E-state index contributed by atoms with van der Waals surface area (Å²) in [6.45, 7) is 1.86. The van der Waals surface area contributed by atoms with Gasteiger partial charge in [0.2, 0.25) is 0 Å². The van der Waals surface area contributed by atoms with E-state index in [0.29, 0.717) is 22.8 Å². The lowest BCUT2D eigenvalue weighted by molar-refractivity contribution is -0.133. The summed E-state index contributed by atoms with van der Waals surface area (Å²) in [5.41, 5.74) is 7.67. The van der Waals surface area contributed by atoms with Crippen LogP contribution in [0.25, 0.3) is 0 Å². The third kappa shape index (κ3) is 4.14. The van der Waals surface area contributed by atoms with Crippen LogP contribution in [0.3, 0.4) is 0 Å². The smallest absolute Gasteiger partial charge is 0.314 e. The zero-order chi connectivity index (χ0) is 17.0. The van der Waals surface area contributed by atoms with E-state index in [1.165, 1.54) is 19.2 Å². The number of halogens is 1. The quantitative estimate of drug-likeness (QED) is 0.594. The number of methoxy groups -OCH3 is 1. The lowest BCUT2D eigenvalue weighted by atomic mass is 10.2. The molecule has 0 bridgehead atoms. The Kier molecular flexibility index (Phi) is 5.08. The number of rotatable bonds is 3. The monoisotopic (exact) mass is 333 g/mol. The SMILES string of the molecule is COc1ccc(C)cc1NC(=O)C(=O)Nc1ccc(N)cc1Cl. The summed E-state index contributed by atoms with van der Waals surface area (Å²) < 4.78 is 5.15. The zero-order valence-corrected chi connectivity index (χ0v) is 13.4. The molecular formula is C16H16ClN3O3. The number of nitrogens with two attached hydrogens (primary N) is 1. The second-order valence-corrected chi connectivity index (χ2v) is 5.26. The third-order valence-electron chi connectivity index (χ3n) is 3.05.